The van der Waals surface area contributed by atoms with Crippen LogP contribution in [-0.2, 0) is 9.59 Å². The molecule has 116 valence electrons. The number of hydrogen-bond acceptors (Lipinski definition) is 3. The van der Waals surface area contributed by atoms with Crippen molar-refractivity contribution in [2.75, 3.05) is 13.1 Å². The maximum Gasteiger partial charge on any atom is 0.310 e. The van der Waals surface area contributed by atoms with E-state index in [0.717, 1.165) is 6.42 Å². The van der Waals surface area contributed by atoms with Gasteiger partial charge >= 0.3 is 5.97 Å². The minimum Gasteiger partial charge on any atom is -0.481 e. The fraction of sp³-hybridized carbons (Fsp3) is 0.867. The van der Waals surface area contributed by atoms with E-state index in [-0.39, 0.29) is 17.5 Å². The predicted octanol–water partition coefficient (Wildman–Crippen LogP) is 1.87. The van der Waals surface area contributed by atoms with Crippen LogP contribution in [-0.4, -0.2) is 46.6 Å². The van der Waals surface area contributed by atoms with E-state index in [4.69, 9.17) is 0 Å². The molecule has 1 aliphatic heterocycles. The zero-order valence-electron chi connectivity index (χ0n) is 13.3. The van der Waals surface area contributed by atoms with Crippen LogP contribution in [0.5, 0.6) is 0 Å². The molecule has 1 rings (SSSR count). The number of nitrogens with one attached hydrogen (secondary N) is 1. The fourth-order valence-corrected chi connectivity index (χ4v) is 2.84. The Hall–Kier alpha value is -1.10. The van der Waals surface area contributed by atoms with Gasteiger partial charge in [0.15, 0.2) is 0 Å². The van der Waals surface area contributed by atoms with Crippen LogP contribution < -0.4 is 5.32 Å². The van der Waals surface area contributed by atoms with E-state index in [2.05, 4.69) is 5.32 Å². The number of amides is 1. The van der Waals surface area contributed by atoms with Crippen molar-refractivity contribution in [2.45, 2.75) is 65.5 Å². The number of likely N-dealkylation sites (tertiary alicyclic amines) is 1. The third kappa shape index (κ3) is 3.95. The normalized spacial score (nSPS) is 25.4. The average molecular weight is 284 g/mol. The van der Waals surface area contributed by atoms with Crippen molar-refractivity contribution in [3.63, 3.8) is 0 Å². The molecule has 0 spiro atoms. The van der Waals surface area contributed by atoms with Crippen LogP contribution in [0.4, 0.5) is 0 Å². The monoisotopic (exact) mass is 284 g/mol. The summed E-state index contributed by atoms with van der Waals surface area (Å²) >= 11 is 0. The lowest BCUT2D eigenvalue weighted by Gasteiger charge is -2.30. The molecule has 1 heterocycles. The lowest BCUT2D eigenvalue weighted by atomic mass is 9.83. The van der Waals surface area contributed by atoms with Crippen molar-refractivity contribution in [3.05, 3.63) is 0 Å². The van der Waals surface area contributed by atoms with Gasteiger partial charge < -0.3 is 10.4 Å². The molecule has 2 atom stereocenters. The number of carboxylic acids is 1. The second-order valence-corrected chi connectivity index (χ2v) is 6.97. The maximum absolute atomic E-state index is 12.2. The molecule has 1 amide bonds. The van der Waals surface area contributed by atoms with Crippen LogP contribution in [0.15, 0.2) is 0 Å². The molecule has 0 aromatic rings. The summed E-state index contributed by atoms with van der Waals surface area (Å²) in [5.41, 5.74) is -0.941. The molecule has 5 heteroatoms. The molecule has 0 radical (unpaired) electrons. The topological polar surface area (TPSA) is 69.6 Å². The summed E-state index contributed by atoms with van der Waals surface area (Å²) in [6, 6.07) is -0.285. The minimum atomic E-state index is -0.731. The maximum atomic E-state index is 12.2. The van der Waals surface area contributed by atoms with Crippen molar-refractivity contribution < 1.29 is 14.7 Å². The highest BCUT2D eigenvalue weighted by molar-refractivity contribution is 5.82. The fourth-order valence-electron chi connectivity index (χ4n) is 2.84. The molecule has 1 saturated heterocycles. The number of nitrogens with zero attached hydrogens (tertiary/aromatic N) is 1. The smallest absolute Gasteiger partial charge is 0.310 e. The molecule has 0 bridgehead atoms. The van der Waals surface area contributed by atoms with Crippen molar-refractivity contribution in [3.8, 4) is 0 Å². The highest BCUT2D eigenvalue weighted by Crippen LogP contribution is 2.36. The van der Waals surface area contributed by atoms with Gasteiger partial charge in [-0.3, -0.25) is 14.5 Å². The van der Waals surface area contributed by atoms with Crippen molar-refractivity contribution in [2.24, 2.45) is 5.41 Å². The Morgan fingerprint density at radius 1 is 1.40 bits per heavy atom. The van der Waals surface area contributed by atoms with Crippen molar-refractivity contribution >= 4 is 11.9 Å². The molecule has 20 heavy (non-hydrogen) atoms. The second-order valence-electron chi connectivity index (χ2n) is 6.97. The molecule has 0 saturated carbocycles. The van der Waals surface area contributed by atoms with E-state index in [1.165, 1.54) is 0 Å². The second kappa shape index (κ2) is 6.12. The van der Waals surface area contributed by atoms with Gasteiger partial charge in [-0.25, -0.2) is 0 Å². The molecular formula is C15H28N2O3. The standard InChI is InChI=1S/C15H28N2O3/c1-6-7-15(13(19)20)8-9-17(10-15)11(2)12(18)16-14(3,4)5/h11H,6-10H2,1-5H3,(H,16,18)(H,19,20). The first-order valence-corrected chi connectivity index (χ1v) is 7.41. The predicted molar refractivity (Wildman–Crippen MR) is 78.5 cm³/mol. The van der Waals surface area contributed by atoms with Crippen LogP contribution in [0, 0.1) is 5.41 Å². The third-order valence-corrected chi connectivity index (χ3v) is 3.99. The minimum absolute atomic E-state index is 0.0322. The Bertz CT molecular complexity index is 376. The highest BCUT2D eigenvalue weighted by atomic mass is 16.4. The molecular weight excluding hydrogens is 256 g/mol. The van der Waals surface area contributed by atoms with Gasteiger partial charge in [-0.1, -0.05) is 13.3 Å². The molecule has 0 aromatic heterocycles. The molecule has 1 fully saturated rings. The molecule has 2 N–H and O–H groups in total. The number of carbonyl (C=O) groups excluding carboxylic acids is 1. The summed E-state index contributed by atoms with van der Waals surface area (Å²) in [5, 5.41) is 12.4. The van der Waals surface area contributed by atoms with Gasteiger partial charge in [-0.05, 0) is 40.5 Å². The Labute approximate surface area is 121 Å². The first-order valence-electron chi connectivity index (χ1n) is 7.41. The van der Waals surface area contributed by atoms with Gasteiger partial charge in [0.05, 0.1) is 11.5 Å². The summed E-state index contributed by atoms with van der Waals surface area (Å²) in [4.78, 5) is 25.7. The average Bonchev–Trinajstić information content (AvgIpc) is 2.72. The Kier molecular flexibility index (Phi) is 5.19. The van der Waals surface area contributed by atoms with Crippen LogP contribution in [0.25, 0.3) is 0 Å². The first kappa shape index (κ1) is 17.0. The lowest BCUT2D eigenvalue weighted by Crippen LogP contribution is -2.51. The Morgan fingerprint density at radius 2 is 2.00 bits per heavy atom. The Balaban J connectivity index is 2.71. The van der Waals surface area contributed by atoms with E-state index in [1.54, 1.807) is 0 Å². The molecule has 1 aliphatic rings. The number of rotatable bonds is 5. The van der Waals surface area contributed by atoms with Gasteiger partial charge in [0.25, 0.3) is 0 Å². The van der Waals surface area contributed by atoms with Crippen molar-refractivity contribution in [1.82, 2.24) is 10.2 Å². The third-order valence-electron chi connectivity index (χ3n) is 3.99. The Morgan fingerprint density at radius 3 is 2.45 bits per heavy atom. The largest absolute Gasteiger partial charge is 0.481 e. The van der Waals surface area contributed by atoms with Gasteiger partial charge in [-0.2, -0.15) is 0 Å². The number of carboxylic acid groups (broad SMARTS) is 1. The van der Waals surface area contributed by atoms with Gasteiger partial charge in [-0.15, -0.1) is 0 Å². The van der Waals surface area contributed by atoms with Crippen LogP contribution in [0.1, 0.15) is 53.9 Å². The molecule has 0 aromatic carbocycles. The SMILES string of the molecule is CCCC1(C(=O)O)CCN(C(C)C(=O)NC(C)(C)C)C1. The molecule has 5 nitrogen and oxygen atoms in total. The van der Waals surface area contributed by atoms with E-state index < -0.39 is 11.4 Å². The summed E-state index contributed by atoms with van der Waals surface area (Å²) < 4.78 is 0. The van der Waals surface area contributed by atoms with E-state index >= 15 is 0 Å². The van der Waals surface area contributed by atoms with E-state index in [1.807, 2.05) is 39.5 Å². The lowest BCUT2D eigenvalue weighted by molar-refractivity contribution is -0.149. The van der Waals surface area contributed by atoms with E-state index in [0.29, 0.717) is 25.9 Å². The molecule has 0 aliphatic carbocycles. The summed E-state index contributed by atoms with van der Waals surface area (Å²) in [6.45, 7) is 10.8. The number of carbonyl (C=O) groups is 2. The zero-order chi connectivity index (χ0) is 15.6. The summed E-state index contributed by atoms with van der Waals surface area (Å²) in [7, 11) is 0. The zero-order valence-corrected chi connectivity index (χ0v) is 13.3. The number of hydrogen-bond donors (Lipinski definition) is 2. The van der Waals surface area contributed by atoms with E-state index in [9.17, 15) is 14.7 Å². The van der Waals surface area contributed by atoms with Gasteiger partial charge in [0.2, 0.25) is 5.91 Å². The highest BCUT2D eigenvalue weighted by Gasteiger charge is 2.46. The van der Waals surface area contributed by atoms with Crippen molar-refractivity contribution in [1.29, 1.82) is 0 Å². The summed E-state index contributed by atoms with van der Waals surface area (Å²) in [6.07, 6.45) is 2.15. The van der Waals surface area contributed by atoms with Crippen LogP contribution in [0.3, 0.4) is 0 Å². The van der Waals surface area contributed by atoms with Crippen LogP contribution >= 0.6 is 0 Å². The summed E-state index contributed by atoms with van der Waals surface area (Å²) in [5.74, 6) is -0.763. The van der Waals surface area contributed by atoms with Gasteiger partial charge in [0.1, 0.15) is 0 Å². The molecule has 2 unspecified atom stereocenters. The quantitative estimate of drug-likeness (QED) is 0.808. The van der Waals surface area contributed by atoms with Gasteiger partial charge in [0, 0.05) is 18.6 Å². The first-order chi connectivity index (χ1) is 9.11. The number of aliphatic carboxylic acids is 1. The van der Waals surface area contributed by atoms with Crippen LogP contribution in [0.2, 0.25) is 0 Å².